The summed E-state index contributed by atoms with van der Waals surface area (Å²) in [6.07, 6.45) is 0. The van der Waals surface area contributed by atoms with Crippen LogP contribution in [-0.2, 0) is 0 Å². The molecular weight excluding hydrogens is 332 g/mol. The number of ether oxygens (including phenoxy) is 2. The van der Waals surface area contributed by atoms with E-state index in [0.29, 0.717) is 30.1 Å². The Kier molecular flexibility index (Phi) is 5.39. The number of carbonyl (C=O) groups is 1. The van der Waals surface area contributed by atoms with Crippen molar-refractivity contribution in [3.63, 3.8) is 0 Å². The first-order valence-electron chi connectivity index (χ1n) is 6.86. The van der Waals surface area contributed by atoms with E-state index in [0.717, 1.165) is 10.2 Å². The molecule has 0 atom stereocenters. The highest BCUT2D eigenvalue weighted by Crippen LogP contribution is 2.28. The number of para-hydroxylation sites is 1. The van der Waals surface area contributed by atoms with E-state index >= 15 is 0 Å². The van der Waals surface area contributed by atoms with Gasteiger partial charge in [0.2, 0.25) is 0 Å². The van der Waals surface area contributed by atoms with Crippen molar-refractivity contribution in [3.8, 4) is 11.5 Å². The van der Waals surface area contributed by atoms with Gasteiger partial charge >= 0.3 is 0 Å². The van der Waals surface area contributed by atoms with Crippen molar-refractivity contribution >= 4 is 21.7 Å². The predicted molar refractivity (Wildman–Crippen MR) is 86.4 cm³/mol. The molecule has 0 radical (unpaired) electrons. The Morgan fingerprint density at radius 1 is 1.00 bits per heavy atom. The van der Waals surface area contributed by atoms with E-state index in [4.69, 9.17) is 9.47 Å². The minimum absolute atomic E-state index is 0.0669. The van der Waals surface area contributed by atoms with Crippen LogP contribution in [0.3, 0.4) is 0 Å². The van der Waals surface area contributed by atoms with E-state index in [-0.39, 0.29) is 5.78 Å². The predicted octanol–water partition coefficient (Wildman–Crippen LogP) is 4.48. The molecule has 3 nitrogen and oxygen atoms in total. The van der Waals surface area contributed by atoms with Crippen LogP contribution >= 0.6 is 15.9 Å². The lowest BCUT2D eigenvalue weighted by molar-refractivity contribution is 0.103. The fourth-order valence-electron chi connectivity index (χ4n) is 2.01. The number of hydrogen-bond donors (Lipinski definition) is 0. The number of ketones is 1. The van der Waals surface area contributed by atoms with Crippen LogP contribution in [0.25, 0.3) is 0 Å². The standard InChI is InChI=1S/C17H17BrO3/c1-3-20-15-8-6-5-7-13(15)17(19)12-9-10-16(21-4-2)14(18)11-12/h5-11H,3-4H2,1-2H3. The van der Waals surface area contributed by atoms with Crippen LogP contribution in [0.2, 0.25) is 0 Å². The lowest BCUT2D eigenvalue weighted by atomic mass is 10.0. The molecule has 0 spiro atoms. The lowest BCUT2D eigenvalue weighted by Crippen LogP contribution is -2.05. The van der Waals surface area contributed by atoms with E-state index in [1.807, 2.05) is 26.0 Å². The van der Waals surface area contributed by atoms with Crippen molar-refractivity contribution in [2.75, 3.05) is 13.2 Å². The van der Waals surface area contributed by atoms with Gasteiger partial charge in [-0.25, -0.2) is 0 Å². The SMILES string of the molecule is CCOc1ccc(C(=O)c2ccccc2OCC)cc1Br. The zero-order valence-electron chi connectivity index (χ0n) is 12.1. The van der Waals surface area contributed by atoms with Crippen LogP contribution in [-0.4, -0.2) is 19.0 Å². The molecule has 0 fully saturated rings. The summed E-state index contributed by atoms with van der Waals surface area (Å²) in [7, 11) is 0. The van der Waals surface area contributed by atoms with Gasteiger partial charge in [0.1, 0.15) is 11.5 Å². The number of benzene rings is 2. The minimum atomic E-state index is -0.0669. The van der Waals surface area contributed by atoms with Gasteiger partial charge in [-0.1, -0.05) is 12.1 Å². The minimum Gasteiger partial charge on any atom is -0.493 e. The average molecular weight is 349 g/mol. The maximum absolute atomic E-state index is 12.6. The van der Waals surface area contributed by atoms with Crippen LogP contribution < -0.4 is 9.47 Å². The third-order valence-electron chi connectivity index (χ3n) is 2.93. The third-order valence-corrected chi connectivity index (χ3v) is 3.55. The molecule has 0 heterocycles. The second-order valence-corrected chi connectivity index (χ2v) is 5.19. The van der Waals surface area contributed by atoms with Gasteiger partial charge in [0.25, 0.3) is 0 Å². The smallest absolute Gasteiger partial charge is 0.196 e. The Balaban J connectivity index is 2.34. The zero-order valence-corrected chi connectivity index (χ0v) is 13.6. The molecule has 2 aromatic rings. The van der Waals surface area contributed by atoms with Crippen molar-refractivity contribution in [1.82, 2.24) is 0 Å². The van der Waals surface area contributed by atoms with Crippen LogP contribution in [0.4, 0.5) is 0 Å². The summed E-state index contributed by atoms with van der Waals surface area (Å²) in [5.41, 5.74) is 1.16. The molecule has 4 heteroatoms. The van der Waals surface area contributed by atoms with Crippen molar-refractivity contribution in [3.05, 3.63) is 58.1 Å². The lowest BCUT2D eigenvalue weighted by Gasteiger charge is -2.10. The van der Waals surface area contributed by atoms with Crippen molar-refractivity contribution in [2.45, 2.75) is 13.8 Å². The van der Waals surface area contributed by atoms with Crippen LogP contribution in [0.1, 0.15) is 29.8 Å². The number of carbonyl (C=O) groups excluding carboxylic acids is 1. The highest BCUT2D eigenvalue weighted by molar-refractivity contribution is 9.10. The van der Waals surface area contributed by atoms with Crippen LogP contribution in [0.5, 0.6) is 11.5 Å². The Labute approximate surface area is 133 Å². The first-order chi connectivity index (χ1) is 10.2. The molecule has 110 valence electrons. The Bertz CT molecular complexity index is 638. The molecule has 0 unspecified atom stereocenters. The zero-order chi connectivity index (χ0) is 15.2. The maximum atomic E-state index is 12.6. The van der Waals surface area contributed by atoms with E-state index in [1.165, 1.54) is 0 Å². The van der Waals surface area contributed by atoms with E-state index < -0.39 is 0 Å². The topological polar surface area (TPSA) is 35.5 Å². The normalized spacial score (nSPS) is 10.2. The maximum Gasteiger partial charge on any atom is 0.196 e. The quantitative estimate of drug-likeness (QED) is 0.722. The number of halogens is 1. The van der Waals surface area contributed by atoms with Gasteiger partial charge in [-0.05, 0) is 60.1 Å². The molecule has 0 aliphatic heterocycles. The first kappa shape index (κ1) is 15.6. The molecule has 2 aromatic carbocycles. The molecule has 0 saturated carbocycles. The summed E-state index contributed by atoms with van der Waals surface area (Å²) in [4.78, 5) is 12.6. The molecule has 0 N–H and O–H groups in total. The monoisotopic (exact) mass is 348 g/mol. The van der Waals surface area contributed by atoms with Gasteiger partial charge < -0.3 is 9.47 Å². The first-order valence-corrected chi connectivity index (χ1v) is 7.65. The fraction of sp³-hybridized carbons (Fsp3) is 0.235. The molecular formula is C17H17BrO3. The number of rotatable bonds is 6. The summed E-state index contributed by atoms with van der Waals surface area (Å²) in [6, 6.07) is 12.6. The highest BCUT2D eigenvalue weighted by Gasteiger charge is 2.15. The summed E-state index contributed by atoms with van der Waals surface area (Å²) < 4.78 is 11.7. The van der Waals surface area contributed by atoms with E-state index in [1.54, 1.807) is 30.3 Å². The molecule has 0 bridgehead atoms. The van der Waals surface area contributed by atoms with Crippen molar-refractivity contribution in [2.24, 2.45) is 0 Å². The molecule has 0 saturated heterocycles. The van der Waals surface area contributed by atoms with Crippen LogP contribution in [0, 0.1) is 0 Å². The van der Waals surface area contributed by atoms with Gasteiger partial charge in [0, 0.05) is 5.56 Å². The second kappa shape index (κ2) is 7.27. The summed E-state index contributed by atoms with van der Waals surface area (Å²) in [5, 5.41) is 0. The largest absolute Gasteiger partial charge is 0.493 e. The van der Waals surface area contributed by atoms with E-state index in [9.17, 15) is 4.79 Å². The van der Waals surface area contributed by atoms with Crippen molar-refractivity contribution < 1.29 is 14.3 Å². The highest BCUT2D eigenvalue weighted by atomic mass is 79.9. The Hall–Kier alpha value is -1.81. The van der Waals surface area contributed by atoms with Gasteiger partial charge in [-0.2, -0.15) is 0 Å². The molecule has 0 amide bonds. The van der Waals surface area contributed by atoms with Gasteiger partial charge in [0.05, 0.1) is 23.2 Å². The summed E-state index contributed by atoms with van der Waals surface area (Å²) in [6.45, 7) is 4.93. The summed E-state index contributed by atoms with van der Waals surface area (Å²) >= 11 is 3.43. The second-order valence-electron chi connectivity index (χ2n) is 4.34. The molecule has 0 aliphatic rings. The fourth-order valence-corrected chi connectivity index (χ4v) is 2.50. The third kappa shape index (κ3) is 3.64. The van der Waals surface area contributed by atoms with Gasteiger partial charge in [-0.3, -0.25) is 4.79 Å². The average Bonchev–Trinajstić information content (AvgIpc) is 2.50. The molecule has 21 heavy (non-hydrogen) atoms. The number of hydrogen-bond acceptors (Lipinski definition) is 3. The van der Waals surface area contributed by atoms with E-state index in [2.05, 4.69) is 15.9 Å². The molecule has 2 rings (SSSR count). The Morgan fingerprint density at radius 3 is 2.33 bits per heavy atom. The molecule has 0 aliphatic carbocycles. The summed E-state index contributed by atoms with van der Waals surface area (Å²) in [5.74, 6) is 1.27. The van der Waals surface area contributed by atoms with Gasteiger partial charge in [-0.15, -0.1) is 0 Å². The Morgan fingerprint density at radius 2 is 1.67 bits per heavy atom. The van der Waals surface area contributed by atoms with Gasteiger partial charge in [0.15, 0.2) is 5.78 Å². The van der Waals surface area contributed by atoms with Crippen LogP contribution in [0.15, 0.2) is 46.9 Å². The van der Waals surface area contributed by atoms with Crippen molar-refractivity contribution in [1.29, 1.82) is 0 Å². The molecule has 0 aromatic heterocycles.